The van der Waals surface area contributed by atoms with E-state index in [2.05, 4.69) is 0 Å². The standard InChI is InChI=1S/C45H86O6/c1-4-7-10-13-16-19-22-25-28-31-34-37-43(46)49-40-42(51-45(48)39-36-33-30-27-24-21-18-15-12-9-6-3)41-50-44(47)38-35-32-29-26-23-20-17-14-11-8-5-2/h42H,4-41H2,1-3H3/i1D3,2D3,3D3,4D2,5D2,6D2. The lowest BCUT2D eigenvalue weighted by Crippen LogP contribution is -2.30. The predicted octanol–water partition coefficient (Wildman–Crippen LogP) is 14.1. The van der Waals surface area contributed by atoms with E-state index in [-0.39, 0.29) is 51.7 Å². The molecule has 0 aromatic rings. The molecule has 302 valence electrons. The molecule has 0 unspecified atom stereocenters. The lowest BCUT2D eigenvalue weighted by Gasteiger charge is -2.18. The first-order valence-electron chi connectivity index (χ1n) is 28.2. The van der Waals surface area contributed by atoms with Crippen LogP contribution >= 0.6 is 0 Å². The van der Waals surface area contributed by atoms with Gasteiger partial charge in [0, 0.05) is 39.8 Å². The third-order valence-electron chi connectivity index (χ3n) is 9.21. The van der Waals surface area contributed by atoms with Gasteiger partial charge in [0.1, 0.15) is 13.2 Å². The van der Waals surface area contributed by atoms with E-state index in [1.54, 1.807) is 0 Å². The number of ether oxygens (including phenoxy) is 3. The molecule has 0 aliphatic heterocycles. The van der Waals surface area contributed by atoms with Crippen LogP contribution in [0.2, 0.25) is 0 Å². The van der Waals surface area contributed by atoms with Crippen molar-refractivity contribution in [2.75, 3.05) is 13.2 Å². The van der Waals surface area contributed by atoms with Gasteiger partial charge >= 0.3 is 17.9 Å². The molecule has 0 spiro atoms. The van der Waals surface area contributed by atoms with Crippen molar-refractivity contribution in [1.29, 1.82) is 0 Å². The first-order chi connectivity index (χ1) is 30.7. The summed E-state index contributed by atoms with van der Waals surface area (Å²) in [5.74, 6) is -1.31. The zero-order chi connectivity index (χ0) is 50.2. The van der Waals surface area contributed by atoms with Crippen LogP contribution in [0.15, 0.2) is 0 Å². The van der Waals surface area contributed by atoms with Crippen molar-refractivity contribution in [3.05, 3.63) is 0 Å². The average Bonchev–Trinajstić information content (AvgIpc) is 3.20. The van der Waals surface area contributed by atoms with Crippen LogP contribution in [-0.4, -0.2) is 37.2 Å². The van der Waals surface area contributed by atoms with E-state index in [4.69, 9.17) is 34.8 Å². The summed E-state index contributed by atoms with van der Waals surface area (Å²) in [7, 11) is 0. The van der Waals surface area contributed by atoms with Crippen LogP contribution in [0.5, 0.6) is 0 Å². The highest BCUT2D eigenvalue weighted by molar-refractivity contribution is 5.71. The van der Waals surface area contributed by atoms with E-state index >= 15 is 0 Å². The summed E-state index contributed by atoms with van der Waals surface area (Å²) >= 11 is 0. The third kappa shape index (κ3) is 39.5. The molecule has 51 heavy (non-hydrogen) atoms. The zero-order valence-electron chi connectivity index (χ0n) is 47.3. The van der Waals surface area contributed by atoms with Crippen LogP contribution in [0.1, 0.15) is 272 Å². The van der Waals surface area contributed by atoms with Crippen LogP contribution < -0.4 is 0 Å². The summed E-state index contributed by atoms with van der Waals surface area (Å²) in [5.41, 5.74) is 0. The van der Waals surface area contributed by atoms with Crippen molar-refractivity contribution in [1.82, 2.24) is 0 Å². The van der Waals surface area contributed by atoms with Crippen LogP contribution in [0.3, 0.4) is 0 Å². The van der Waals surface area contributed by atoms with Crippen molar-refractivity contribution in [3.63, 3.8) is 0 Å². The molecule has 0 fully saturated rings. The van der Waals surface area contributed by atoms with Crippen molar-refractivity contribution in [2.24, 2.45) is 0 Å². The highest BCUT2D eigenvalue weighted by Gasteiger charge is 2.19. The summed E-state index contributed by atoms with van der Waals surface area (Å²) in [5, 5.41) is 0. The number of rotatable bonds is 41. The van der Waals surface area contributed by atoms with Crippen molar-refractivity contribution < 1.29 is 49.2 Å². The lowest BCUT2D eigenvalue weighted by molar-refractivity contribution is -0.167. The summed E-state index contributed by atoms with van der Waals surface area (Å²) in [6, 6.07) is 0. The summed E-state index contributed by atoms with van der Waals surface area (Å²) in [6.45, 7) is -8.25. The fraction of sp³-hybridized carbons (Fsp3) is 0.933. The Morgan fingerprint density at radius 2 is 0.608 bits per heavy atom. The summed E-state index contributed by atoms with van der Waals surface area (Å²) < 4.78 is 128. The van der Waals surface area contributed by atoms with Crippen molar-refractivity contribution in [2.45, 2.75) is 258 Å². The van der Waals surface area contributed by atoms with E-state index < -0.39 is 63.7 Å². The summed E-state index contributed by atoms with van der Waals surface area (Å²) in [6.07, 6.45) is 16.2. The average molecular weight is 738 g/mol. The number of unbranched alkanes of at least 4 members (excludes halogenated alkanes) is 24. The minimum absolute atomic E-state index is 0.0246. The van der Waals surface area contributed by atoms with Gasteiger partial charge in [0.15, 0.2) is 6.10 Å². The van der Waals surface area contributed by atoms with Gasteiger partial charge in [-0.15, -0.1) is 0 Å². The van der Waals surface area contributed by atoms with Gasteiger partial charge < -0.3 is 14.2 Å². The largest absolute Gasteiger partial charge is 0.462 e. The van der Waals surface area contributed by atoms with Gasteiger partial charge in [-0.05, 0) is 19.3 Å². The minimum atomic E-state index is -2.61. The molecular formula is C45H86O6. The Hall–Kier alpha value is -1.59. The molecule has 0 aliphatic carbocycles. The highest BCUT2D eigenvalue weighted by Crippen LogP contribution is 2.15. The maximum absolute atomic E-state index is 12.8. The highest BCUT2D eigenvalue weighted by atomic mass is 16.6. The first kappa shape index (κ1) is 28.8. The van der Waals surface area contributed by atoms with E-state index in [0.717, 1.165) is 135 Å². The van der Waals surface area contributed by atoms with E-state index in [1.807, 2.05) is 0 Å². The van der Waals surface area contributed by atoms with Crippen LogP contribution in [0, 0.1) is 0 Å². The second kappa shape index (κ2) is 41.2. The topological polar surface area (TPSA) is 78.9 Å². The van der Waals surface area contributed by atoms with Crippen LogP contribution in [-0.2, 0) is 28.6 Å². The molecule has 0 heterocycles. The van der Waals surface area contributed by atoms with Gasteiger partial charge in [0.25, 0.3) is 0 Å². The molecular weight excluding hydrogens is 636 g/mol. The SMILES string of the molecule is [2H]C([2H])([2H])C([2H])([2H])CCCCCCCCCCCC(=O)OCC(COC(=O)CCCCCCCCCCCC([2H])([2H])C([2H])([2H])[2H])OC(=O)CCCCCCCCCCCC([2H])([2H])C([2H])([2H])[2H]. The number of carbonyl (C=O) groups is 3. The fourth-order valence-corrected chi connectivity index (χ4v) is 6.04. The molecule has 0 saturated carbocycles. The monoisotopic (exact) mass is 738 g/mol. The van der Waals surface area contributed by atoms with Gasteiger partial charge in [-0.2, -0.15) is 0 Å². The predicted molar refractivity (Wildman–Crippen MR) is 215 cm³/mol. The summed E-state index contributed by atoms with van der Waals surface area (Å²) in [4.78, 5) is 37.9. The third-order valence-corrected chi connectivity index (χ3v) is 9.21. The molecule has 0 rings (SSSR count). The molecule has 0 atom stereocenters. The molecule has 0 amide bonds. The zero-order valence-corrected chi connectivity index (χ0v) is 32.3. The molecule has 0 saturated heterocycles. The molecule has 6 nitrogen and oxygen atoms in total. The lowest BCUT2D eigenvalue weighted by atomic mass is 10.1. The van der Waals surface area contributed by atoms with E-state index in [0.29, 0.717) is 38.5 Å². The van der Waals surface area contributed by atoms with Gasteiger partial charge in [0.05, 0.1) is 0 Å². The number of hydrogen-bond donors (Lipinski definition) is 0. The smallest absolute Gasteiger partial charge is 0.306 e. The minimum Gasteiger partial charge on any atom is -0.462 e. The molecule has 0 aromatic heterocycles. The molecule has 0 bridgehead atoms. The number of hydrogen-bond acceptors (Lipinski definition) is 6. The van der Waals surface area contributed by atoms with Crippen molar-refractivity contribution in [3.8, 4) is 0 Å². The molecule has 0 N–H and O–H groups in total. The van der Waals surface area contributed by atoms with E-state index in [1.165, 1.54) is 0 Å². The molecule has 0 radical (unpaired) electrons. The maximum atomic E-state index is 12.8. The van der Waals surface area contributed by atoms with Gasteiger partial charge in [-0.25, -0.2) is 0 Å². The fourth-order valence-electron chi connectivity index (χ4n) is 6.04. The van der Waals surface area contributed by atoms with Crippen LogP contribution in [0.25, 0.3) is 0 Å². The van der Waals surface area contributed by atoms with Gasteiger partial charge in [0.2, 0.25) is 0 Å². The van der Waals surface area contributed by atoms with Gasteiger partial charge in [-0.1, -0.05) is 213 Å². The maximum Gasteiger partial charge on any atom is 0.306 e. The Labute approximate surface area is 338 Å². The second-order valence-corrected chi connectivity index (χ2v) is 14.1. The van der Waals surface area contributed by atoms with Crippen LogP contribution in [0.4, 0.5) is 0 Å². The number of esters is 3. The van der Waals surface area contributed by atoms with Gasteiger partial charge in [-0.3, -0.25) is 14.4 Å². The Kier molecular flexibility index (Phi) is 23.2. The Morgan fingerprint density at radius 3 is 0.882 bits per heavy atom. The Balaban J connectivity index is 4.53. The molecule has 0 aromatic carbocycles. The molecule has 6 heteroatoms. The number of carbonyl (C=O) groups excluding carboxylic acids is 3. The quantitative estimate of drug-likeness (QED) is 0.0353. The second-order valence-electron chi connectivity index (χ2n) is 14.1. The first-order valence-corrected chi connectivity index (χ1v) is 20.7. The molecule has 0 aliphatic rings. The Bertz CT molecular complexity index is 1210. The van der Waals surface area contributed by atoms with E-state index in [9.17, 15) is 14.4 Å². The Morgan fingerprint density at radius 1 is 0.373 bits per heavy atom. The normalized spacial score (nSPS) is 17.2. The van der Waals surface area contributed by atoms with Crippen molar-refractivity contribution >= 4 is 17.9 Å².